The number of guanidine groups is 1. The van der Waals surface area contributed by atoms with Crippen LogP contribution in [0.3, 0.4) is 0 Å². The summed E-state index contributed by atoms with van der Waals surface area (Å²) >= 11 is 0. The number of ether oxygens (including phenoxy) is 1. The summed E-state index contributed by atoms with van der Waals surface area (Å²) in [5.41, 5.74) is 0. The topological polar surface area (TPSA) is 66.0 Å². The molecule has 2 fully saturated rings. The Labute approximate surface area is 185 Å². The van der Waals surface area contributed by atoms with Crippen molar-refractivity contribution in [2.45, 2.75) is 44.6 Å². The summed E-state index contributed by atoms with van der Waals surface area (Å²) < 4.78 is 5.70. The maximum atomic E-state index is 12.5. The highest BCUT2D eigenvalue weighted by Crippen LogP contribution is 2.27. The van der Waals surface area contributed by atoms with Crippen molar-refractivity contribution in [1.82, 2.24) is 15.5 Å². The highest BCUT2D eigenvalue weighted by molar-refractivity contribution is 14.0. The molecule has 1 saturated carbocycles. The minimum atomic E-state index is 0. The molecular weight excluding hydrogens is 467 g/mol. The molecule has 0 bridgehead atoms. The average Bonchev–Trinajstić information content (AvgIpc) is 3.39. The highest BCUT2D eigenvalue weighted by Gasteiger charge is 2.32. The molecule has 7 heteroatoms. The smallest absolute Gasteiger partial charge is 0.225 e. The summed E-state index contributed by atoms with van der Waals surface area (Å²) in [6.07, 6.45) is 6.43. The zero-order chi connectivity index (χ0) is 18.9. The first-order valence-corrected chi connectivity index (χ1v) is 10.2. The molecule has 1 saturated heterocycles. The molecule has 1 aromatic rings. The van der Waals surface area contributed by atoms with Gasteiger partial charge in [0, 0.05) is 38.6 Å². The van der Waals surface area contributed by atoms with Gasteiger partial charge in [0.1, 0.15) is 5.75 Å². The van der Waals surface area contributed by atoms with E-state index in [2.05, 4.69) is 15.6 Å². The summed E-state index contributed by atoms with van der Waals surface area (Å²) in [6, 6.07) is 10.1. The molecule has 1 amide bonds. The molecule has 1 unspecified atom stereocenters. The molecule has 1 heterocycles. The Kier molecular flexibility index (Phi) is 9.87. The van der Waals surface area contributed by atoms with Gasteiger partial charge in [-0.25, -0.2) is 0 Å². The summed E-state index contributed by atoms with van der Waals surface area (Å²) in [7, 11) is 1.78. The number of amides is 1. The number of halogens is 1. The Hall–Kier alpha value is -1.51. The summed E-state index contributed by atoms with van der Waals surface area (Å²) in [6.45, 7) is 3.10. The normalized spacial score (nSPS) is 20.0. The molecule has 1 atom stereocenters. The van der Waals surface area contributed by atoms with Crippen LogP contribution in [0.4, 0.5) is 0 Å². The number of hydrogen-bond acceptors (Lipinski definition) is 3. The number of hydrogen-bond donors (Lipinski definition) is 2. The molecule has 1 aliphatic heterocycles. The number of nitrogens with zero attached hydrogens (tertiary/aromatic N) is 2. The minimum absolute atomic E-state index is 0. The zero-order valence-corrected chi connectivity index (χ0v) is 19.1. The van der Waals surface area contributed by atoms with Crippen molar-refractivity contribution in [1.29, 1.82) is 0 Å². The van der Waals surface area contributed by atoms with Crippen molar-refractivity contribution >= 4 is 35.8 Å². The number of carbonyl (C=O) groups is 1. The molecule has 2 N–H and O–H groups in total. The number of aliphatic imine (C=N–C) groups is 1. The van der Waals surface area contributed by atoms with Crippen LogP contribution in [0.2, 0.25) is 0 Å². The quantitative estimate of drug-likeness (QED) is 0.262. The third kappa shape index (κ3) is 6.83. The van der Waals surface area contributed by atoms with E-state index in [4.69, 9.17) is 4.74 Å². The fourth-order valence-corrected chi connectivity index (χ4v) is 3.88. The highest BCUT2D eigenvalue weighted by atomic mass is 127. The fraction of sp³-hybridized carbons (Fsp3) is 0.619. The monoisotopic (exact) mass is 500 g/mol. The van der Waals surface area contributed by atoms with Gasteiger partial charge in [-0.1, -0.05) is 31.0 Å². The van der Waals surface area contributed by atoms with Crippen molar-refractivity contribution in [3.63, 3.8) is 0 Å². The number of para-hydroxylation sites is 1. The molecule has 2 aliphatic rings. The SMILES string of the molecule is CN=C(NCCCOc1ccccc1)NC1CCN(C(=O)C2CCCC2)C1.I. The molecule has 28 heavy (non-hydrogen) atoms. The second-order valence-corrected chi connectivity index (χ2v) is 7.41. The van der Waals surface area contributed by atoms with E-state index in [1.165, 1.54) is 12.8 Å². The Balaban J connectivity index is 0.00000280. The van der Waals surface area contributed by atoms with Gasteiger partial charge in [0.2, 0.25) is 5.91 Å². The summed E-state index contributed by atoms with van der Waals surface area (Å²) in [5, 5.41) is 6.79. The van der Waals surface area contributed by atoms with Crippen LogP contribution >= 0.6 is 24.0 Å². The zero-order valence-electron chi connectivity index (χ0n) is 16.7. The van der Waals surface area contributed by atoms with E-state index in [-0.39, 0.29) is 35.9 Å². The minimum Gasteiger partial charge on any atom is -0.494 e. The molecule has 3 rings (SSSR count). The van der Waals surface area contributed by atoms with E-state index in [0.29, 0.717) is 12.5 Å². The van der Waals surface area contributed by atoms with Gasteiger partial charge in [-0.2, -0.15) is 0 Å². The molecular formula is C21H33IN4O2. The maximum Gasteiger partial charge on any atom is 0.225 e. The second kappa shape index (κ2) is 12.1. The third-order valence-corrected chi connectivity index (χ3v) is 5.39. The lowest BCUT2D eigenvalue weighted by Gasteiger charge is -2.21. The molecule has 0 spiro atoms. The Bertz CT molecular complexity index is 620. The molecule has 0 aromatic heterocycles. The molecule has 0 radical (unpaired) electrons. The maximum absolute atomic E-state index is 12.5. The van der Waals surface area contributed by atoms with Crippen molar-refractivity contribution < 1.29 is 9.53 Å². The first-order valence-electron chi connectivity index (χ1n) is 10.2. The lowest BCUT2D eigenvalue weighted by Crippen LogP contribution is -2.45. The Morgan fingerprint density at radius 1 is 1.21 bits per heavy atom. The van der Waals surface area contributed by atoms with Gasteiger partial charge in [0.05, 0.1) is 6.61 Å². The van der Waals surface area contributed by atoms with Crippen LogP contribution in [0.15, 0.2) is 35.3 Å². The van der Waals surface area contributed by atoms with Crippen molar-refractivity contribution in [2.75, 3.05) is 33.3 Å². The second-order valence-electron chi connectivity index (χ2n) is 7.41. The van der Waals surface area contributed by atoms with Gasteiger partial charge < -0.3 is 20.3 Å². The van der Waals surface area contributed by atoms with E-state index >= 15 is 0 Å². The molecule has 1 aromatic carbocycles. The van der Waals surface area contributed by atoms with Crippen LogP contribution in [0.1, 0.15) is 38.5 Å². The lowest BCUT2D eigenvalue weighted by atomic mass is 10.1. The number of rotatable bonds is 7. The number of carbonyl (C=O) groups excluding carboxylic acids is 1. The van der Waals surface area contributed by atoms with E-state index in [1.807, 2.05) is 35.2 Å². The molecule has 6 nitrogen and oxygen atoms in total. The first kappa shape index (κ1) is 22.8. The third-order valence-electron chi connectivity index (χ3n) is 5.39. The van der Waals surface area contributed by atoms with Crippen LogP contribution < -0.4 is 15.4 Å². The van der Waals surface area contributed by atoms with Crippen LogP contribution in [0.5, 0.6) is 5.75 Å². The van der Waals surface area contributed by atoms with Crippen LogP contribution in [-0.2, 0) is 4.79 Å². The largest absolute Gasteiger partial charge is 0.494 e. The van der Waals surface area contributed by atoms with Gasteiger partial charge >= 0.3 is 0 Å². The predicted octanol–water partition coefficient (Wildman–Crippen LogP) is 3.03. The van der Waals surface area contributed by atoms with Crippen LogP contribution in [-0.4, -0.2) is 56.1 Å². The first-order chi connectivity index (χ1) is 13.3. The van der Waals surface area contributed by atoms with E-state index in [0.717, 1.165) is 57.0 Å². The molecule has 1 aliphatic carbocycles. The van der Waals surface area contributed by atoms with E-state index < -0.39 is 0 Å². The van der Waals surface area contributed by atoms with Gasteiger partial charge in [-0.3, -0.25) is 9.79 Å². The average molecular weight is 500 g/mol. The van der Waals surface area contributed by atoms with Gasteiger partial charge in [0.25, 0.3) is 0 Å². The number of likely N-dealkylation sites (tertiary alicyclic amines) is 1. The molecule has 156 valence electrons. The van der Waals surface area contributed by atoms with Crippen molar-refractivity contribution in [3.05, 3.63) is 30.3 Å². The van der Waals surface area contributed by atoms with E-state index in [1.54, 1.807) is 7.05 Å². The number of benzene rings is 1. The summed E-state index contributed by atoms with van der Waals surface area (Å²) in [5.74, 6) is 2.33. The lowest BCUT2D eigenvalue weighted by molar-refractivity contribution is -0.134. The van der Waals surface area contributed by atoms with Gasteiger partial charge in [-0.15, -0.1) is 24.0 Å². The van der Waals surface area contributed by atoms with Crippen molar-refractivity contribution in [2.24, 2.45) is 10.9 Å². The predicted molar refractivity (Wildman–Crippen MR) is 123 cm³/mol. The Morgan fingerprint density at radius 3 is 2.68 bits per heavy atom. The van der Waals surface area contributed by atoms with Crippen LogP contribution in [0, 0.1) is 5.92 Å². The standard InChI is InChI=1S/C21H32N4O2.HI/c1-22-21(23-13-7-15-27-19-10-3-2-4-11-19)24-18-12-14-25(16-18)20(26)17-8-5-6-9-17;/h2-4,10-11,17-18H,5-9,12-16H2,1H3,(H2,22,23,24);1H. The van der Waals surface area contributed by atoms with Crippen LogP contribution in [0.25, 0.3) is 0 Å². The fourth-order valence-electron chi connectivity index (χ4n) is 3.88. The van der Waals surface area contributed by atoms with Gasteiger partial charge in [-0.05, 0) is 37.8 Å². The van der Waals surface area contributed by atoms with E-state index in [9.17, 15) is 4.79 Å². The number of nitrogens with one attached hydrogen (secondary N) is 2. The van der Waals surface area contributed by atoms with Crippen molar-refractivity contribution in [3.8, 4) is 5.75 Å². The van der Waals surface area contributed by atoms with Gasteiger partial charge in [0.15, 0.2) is 5.96 Å². The Morgan fingerprint density at radius 2 is 1.96 bits per heavy atom. The summed E-state index contributed by atoms with van der Waals surface area (Å²) in [4.78, 5) is 18.9.